The largest absolute Gasteiger partial charge is 0.465 e. The summed E-state index contributed by atoms with van der Waals surface area (Å²) in [6.45, 7) is 3.69. The third-order valence-electron chi connectivity index (χ3n) is 2.38. The van der Waals surface area contributed by atoms with Gasteiger partial charge in [-0.15, -0.1) is 11.3 Å². The molecule has 1 rings (SSSR count). The van der Waals surface area contributed by atoms with E-state index in [0.717, 1.165) is 11.3 Å². The van der Waals surface area contributed by atoms with Gasteiger partial charge in [0.05, 0.1) is 20.1 Å². The van der Waals surface area contributed by atoms with Crippen molar-refractivity contribution in [1.29, 1.82) is 0 Å². The Labute approximate surface area is 122 Å². The van der Waals surface area contributed by atoms with Crippen LogP contribution in [0.5, 0.6) is 0 Å². The average Bonchev–Trinajstić information content (AvgIpc) is 2.73. The Kier molecular flexibility index (Phi) is 5.69. The fourth-order valence-electron chi connectivity index (χ4n) is 1.49. The monoisotopic (exact) mass is 298 g/mol. The number of aliphatic imine (C=N–C) groups is 1. The molecule has 0 spiro atoms. The molecule has 20 heavy (non-hydrogen) atoms. The number of ether oxygens (including phenoxy) is 2. The molecule has 0 saturated carbocycles. The van der Waals surface area contributed by atoms with Gasteiger partial charge in [-0.1, -0.05) is 0 Å². The van der Waals surface area contributed by atoms with Gasteiger partial charge in [0.15, 0.2) is 0 Å². The summed E-state index contributed by atoms with van der Waals surface area (Å²) in [6.07, 6.45) is 1.56. The second-order valence-corrected chi connectivity index (χ2v) is 5.16. The van der Waals surface area contributed by atoms with E-state index in [4.69, 9.17) is 9.47 Å². The molecule has 0 N–H and O–H groups in total. The molecular formula is C13H18N2O4S. The standard InChI is InChI=1S/C13H18N2O4S/c1-6-19-13(17)10-8(2)9(12(16)18-5)11(20-10)14-7-15(3)4/h7H,6H2,1-5H3. The van der Waals surface area contributed by atoms with Crippen LogP contribution in [-0.2, 0) is 9.47 Å². The summed E-state index contributed by atoms with van der Waals surface area (Å²) in [6, 6.07) is 0. The summed E-state index contributed by atoms with van der Waals surface area (Å²) in [5, 5.41) is 0.436. The fourth-order valence-corrected chi connectivity index (χ4v) is 2.52. The van der Waals surface area contributed by atoms with Gasteiger partial charge < -0.3 is 14.4 Å². The van der Waals surface area contributed by atoms with E-state index in [1.807, 2.05) is 14.1 Å². The highest BCUT2D eigenvalue weighted by atomic mass is 32.1. The van der Waals surface area contributed by atoms with Gasteiger partial charge >= 0.3 is 11.9 Å². The van der Waals surface area contributed by atoms with Crippen LogP contribution in [-0.4, -0.2) is 51.0 Å². The van der Waals surface area contributed by atoms with Crippen LogP contribution >= 0.6 is 11.3 Å². The van der Waals surface area contributed by atoms with Crippen molar-refractivity contribution >= 4 is 34.6 Å². The molecular weight excluding hydrogens is 280 g/mol. The number of esters is 2. The highest BCUT2D eigenvalue weighted by Crippen LogP contribution is 2.36. The normalized spacial score (nSPS) is 10.7. The number of nitrogens with zero attached hydrogens (tertiary/aromatic N) is 2. The van der Waals surface area contributed by atoms with Crippen molar-refractivity contribution in [3.8, 4) is 0 Å². The van der Waals surface area contributed by atoms with Crippen LogP contribution in [0.3, 0.4) is 0 Å². The van der Waals surface area contributed by atoms with Crippen molar-refractivity contribution < 1.29 is 19.1 Å². The molecule has 0 radical (unpaired) electrons. The molecule has 7 heteroatoms. The van der Waals surface area contributed by atoms with Crippen molar-refractivity contribution in [3.05, 3.63) is 16.0 Å². The van der Waals surface area contributed by atoms with E-state index in [-0.39, 0.29) is 6.61 Å². The van der Waals surface area contributed by atoms with Gasteiger partial charge in [-0.05, 0) is 19.4 Å². The Balaban J connectivity index is 3.31. The zero-order valence-corrected chi connectivity index (χ0v) is 13.0. The number of carbonyl (C=O) groups excluding carboxylic acids is 2. The summed E-state index contributed by atoms with van der Waals surface area (Å²) in [5.74, 6) is -0.966. The van der Waals surface area contributed by atoms with Crippen LogP contribution in [0.1, 0.15) is 32.5 Å². The smallest absolute Gasteiger partial charge is 0.348 e. The number of thiophene rings is 1. The van der Waals surface area contributed by atoms with Gasteiger partial charge in [0.25, 0.3) is 0 Å². The maximum Gasteiger partial charge on any atom is 0.348 e. The summed E-state index contributed by atoms with van der Waals surface area (Å²) in [5.41, 5.74) is 0.838. The Morgan fingerprint density at radius 2 is 2.00 bits per heavy atom. The third kappa shape index (κ3) is 3.57. The van der Waals surface area contributed by atoms with E-state index in [9.17, 15) is 9.59 Å². The summed E-state index contributed by atoms with van der Waals surface area (Å²) < 4.78 is 9.72. The first kappa shape index (κ1) is 16.2. The Morgan fingerprint density at radius 3 is 2.50 bits per heavy atom. The zero-order valence-electron chi connectivity index (χ0n) is 12.2. The molecule has 0 unspecified atom stereocenters. The Bertz CT molecular complexity index is 535. The topological polar surface area (TPSA) is 68.2 Å². The molecule has 0 aliphatic rings. The van der Waals surface area contributed by atoms with Gasteiger partial charge in [-0.3, -0.25) is 0 Å². The Morgan fingerprint density at radius 1 is 1.35 bits per heavy atom. The zero-order chi connectivity index (χ0) is 15.3. The molecule has 0 saturated heterocycles. The first-order chi connectivity index (χ1) is 9.42. The van der Waals surface area contributed by atoms with Crippen LogP contribution in [0, 0.1) is 6.92 Å². The third-order valence-corrected chi connectivity index (χ3v) is 3.56. The van der Waals surface area contributed by atoms with E-state index in [2.05, 4.69) is 4.99 Å². The highest BCUT2D eigenvalue weighted by Gasteiger charge is 2.25. The lowest BCUT2D eigenvalue weighted by molar-refractivity contribution is 0.0531. The lowest BCUT2D eigenvalue weighted by Crippen LogP contribution is -2.08. The van der Waals surface area contributed by atoms with Gasteiger partial charge in [-0.25, -0.2) is 14.6 Å². The van der Waals surface area contributed by atoms with Crippen LogP contribution in [0.2, 0.25) is 0 Å². The van der Waals surface area contributed by atoms with Gasteiger partial charge in [0.2, 0.25) is 0 Å². The molecule has 0 aromatic carbocycles. The second kappa shape index (κ2) is 7.04. The number of rotatable bonds is 5. The molecule has 0 aliphatic carbocycles. The first-order valence-electron chi connectivity index (χ1n) is 6.01. The van der Waals surface area contributed by atoms with E-state index >= 15 is 0 Å². The van der Waals surface area contributed by atoms with E-state index in [1.54, 1.807) is 25.1 Å². The first-order valence-corrected chi connectivity index (χ1v) is 6.83. The van der Waals surface area contributed by atoms with Gasteiger partial charge in [0, 0.05) is 14.1 Å². The quantitative estimate of drug-likeness (QED) is 0.474. The van der Waals surface area contributed by atoms with E-state index in [0.29, 0.717) is 21.0 Å². The molecule has 0 aliphatic heterocycles. The number of methoxy groups -OCH3 is 1. The van der Waals surface area contributed by atoms with E-state index < -0.39 is 11.9 Å². The molecule has 0 amide bonds. The van der Waals surface area contributed by atoms with Crippen LogP contribution in [0.4, 0.5) is 5.00 Å². The highest BCUT2D eigenvalue weighted by molar-refractivity contribution is 7.18. The van der Waals surface area contributed by atoms with Crippen molar-refractivity contribution in [2.45, 2.75) is 13.8 Å². The van der Waals surface area contributed by atoms with E-state index in [1.165, 1.54) is 7.11 Å². The Hall–Kier alpha value is -1.89. The fraction of sp³-hybridized carbons (Fsp3) is 0.462. The SMILES string of the molecule is CCOC(=O)c1sc(N=CN(C)C)c(C(=O)OC)c1C. The minimum absolute atomic E-state index is 0.278. The molecule has 1 aromatic rings. The van der Waals surface area contributed by atoms with Crippen molar-refractivity contribution in [3.63, 3.8) is 0 Å². The second-order valence-electron chi connectivity index (χ2n) is 4.16. The minimum atomic E-state index is -0.514. The maximum absolute atomic E-state index is 11.9. The van der Waals surface area contributed by atoms with Crippen LogP contribution in [0.25, 0.3) is 0 Å². The van der Waals surface area contributed by atoms with Crippen molar-refractivity contribution in [2.75, 3.05) is 27.8 Å². The lowest BCUT2D eigenvalue weighted by Gasteiger charge is -2.03. The summed E-state index contributed by atoms with van der Waals surface area (Å²) in [7, 11) is 4.92. The lowest BCUT2D eigenvalue weighted by atomic mass is 10.1. The van der Waals surface area contributed by atoms with Crippen LogP contribution in [0.15, 0.2) is 4.99 Å². The molecule has 0 atom stereocenters. The molecule has 6 nitrogen and oxygen atoms in total. The summed E-state index contributed by atoms with van der Waals surface area (Å²) >= 11 is 1.12. The number of carbonyl (C=O) groups is 2. The molecule has 1 aromatic heterocycles. The minimum Gasteiger partial charge on any atom is -0.465 e. The molecule has 0 fully saturated rings. The number of hydrogen-bond acceptors (Lipinski definition) is 6. The average molecular weight is 298 g/mol. The van der Waals surface area contributed by atoms with Crippen LogP contribution < -0.4 is 0 Å². The molecule has 110 valence electrons. The predicted molar refractivity (Wildman–Crippen MR) is 78.2 cm³/mol. The predicted octanol–water partition coefficient (Wildman–Crippen LogP) is 2.24. The van der Waals surface area contributed by atoms with Crippen molar-refractivity contribution in [1.82, 2.24) is 4.90 Å². The molecule has 1 heterocycles. The maximum atomic E-state index is 11.9. The van der Waals surface area contributed by atoms with Crippen molar-refractivity contribution in [2.24, 2.45) is 4.99 Å². The summed E-state index contributed by atoms with van der Waals surface area (Å²) in [4.78, 5) is 30.0. The molecule has 0 bridgehead atoms. The number of hydrogen-bond donors (Lipinski definition) is 0. The van der Waals surface area contributed by atoms with Gasteiger partial charge in [0.1, 0.15) is 15.4 Å². The van der Waals surface area contributed by atoms with Gasteiger partial charge in [-0.2, -0.15) is 0 Å².